The minimum absolute atomic E-state index is 0.598. The lowest BCUT2D eigenvalue weighted by molar-refractivity contribution is 0.954. The lowest BCUT2D eigenvalue weighted by Crippen LogP contribution is -2.06. The zero-order valence-corrected chi connectivity index (χ0v) is 25.3. The summed E-state index contributed by atoms with van der Waals surface area (Å²) in [5, 5.41) is 12.1. The molecule has 0 atom stereocenters. The fraction of sp³-hybridized carbons (Fsp3) is 0. The van der Waals surface area contributed by atoms with E-state index >= 15 is 0 Å². The van der Waals surface area contributed by atoms with Crippen molar-refractivity contribution in [1.29, 1.82) is 0 Å². The maximum absolute atomic E-state index is 5.20. The zero-order chi connectivity index (χ0) is 30.9. The predicted molar refractivity (Wildman–Crippen MR) is 195 cm³/mol. The molecule has 47 heavy (non-hydrogen) atoms. The van der Waals surface area contributed by atoms with Gasteiger partial charge >= 0.3 is 0 Å². The molecule has 218 valence electrons. The molecule has 0 spiro atoms. The number of hydrogen-bond acceptors (Lipinski definition) is 3. The Bertz CT molecular complexity index is 2850. The summed E-state index contributed by atoms with van der Waals surface area (Å²) in [4.78, 5) is 15.4. The maximum Gasteiger partial charge on any atom is 0.238 e. The van der Waals surface area contributed by atoms with Gasteiger partial charge in [0.1, 0.15) is 0 Å². The molecule has 2 heterocycles. The van der Waals surface area contributed by atoms with Crippen LogP contribution in [0.4, 0.5) is 0 Å². The van der Waals surface area contributed by atoms with Gasteiger partial charge in [-0.25, -0.2) is 4.98 Å². The quantitative estimate of drug-likeness (QED) is 0.190. The Morgan fingerprint density at radius 3 is 1.72 bits per heavy atom. The van der Waals surface area contributed by atoms with Gasteiger partial charge in [0.05, 0.1) is 11.0 Å². The first-order valence-corrected chi connectivity index (χ1v) is 15.9. The van der Waals surface area contributed by atoms with Crippen LogP contribution < -0.4 is 0 Å². The SMILES string of the molecule is c1ccc(-c2nc(-c3ccc4c(ccc5c6ccccc6ccc45)c3)nc(-n3c4ccccc4c4cc5ccccc5cc43)n2)cc1. The van der Waals surface area contributed by atoms with Crippen LogP contribution in [0.15, 0.2) is 158 Å². The van der Waals surface area contributed by atoms with Gasteiger partial charge in [-0.05, 0) is 67.4 Å². The molecule has 0 N–H and O–H groups in total. The molecule has 0 bridgehead atoms. The lowest BCUT2D eigenvalue weighted by atomic mass is 9.96. The number of benzene rings is 8. The van der Waals surface area contributed by atoms with Crippen LogP contribution in [0, 0.1) is 0 Å². The van der Waals surface area contributed by atoms with Crippen molar-refractivity contribution in [2.45, 2.75) is 0 Å². The fourth-order valence-corrected chi connectivity index (χ4v) is 7.15. The molecule has 10 rings (SSSR count). The molecule has 0 amide bonds. The first-order chi connectivity index (χ1) is 23.3. The number of para-hydroxylation sites is 1. The first kappa shape index (κ1) is 25.9. The van der Waals surface area contributed by atoms with Gasteiger partial charge in [0.2, 0.25) is 5.95 Å². The van der Waals surface area contributed by atoms with Gasteiger partial charge in [-0.1, -0.05) is 133 Å². The summed E-state index contributed by atoms with van der Waals surface area (Å²) < 4.78 is 2.19. The smallest absolute Gasteiger partial charge is 0.238 e. The number of rotatable bonds is 3. The summed E-state index contributed by atoms with van der Waals surface area (Å²) in [5.74, 6) is 1.88. The van der Waals surface area contributed by atoms with Crippen molar-refractivity contribution in [3.8, 4) is 28.7 Å². The molecule has 0 unspecified atom stereocenters. The first-order valence-electron chi connectivity index (χ1n) is 15.9. The summed E-state index contributed by atoms with van der Waals surface area (Å²) in [6, 6.07) is 55.7. The van der Waals surface area contributed by atoms with Crippen LogP contribution >= 0.6 is 0 Å². The van der Waals surface area contributed by atoms with E-state index in [1.165, 1.54) is 48.5 Å². The zero-order valence-electron chi connectivity index (χ0n) is 25.3. The Morgan fingerprint density at radius 2 is 0.915 bits per heavy atom. The standard InChI is InChI=1S/C43H26N4/c1-2-11-28(12-3-1)41-44-42(32-20-21-34-31(24-32)19-23-35-33-15-7-6-10-27(33)18-22-36(34)35)46-43(45-41)47-39-17-9-8-16-37(39)38-25-29-13-4-5-14-30(29)26-40(38)47/h1-26H. The van der Waals surface area contributed by atoms with Crippen LogP contribution in [-0.2, 0) is 0 Å². The van der Waals surface area contributed by atoms with Gasteiger partial charge in [0.25, 0.3) is 0 Å². The molecule has 8 aromatic carbocycles. The van der Waals surface area contributed by atoms with Crippen molar-refractivity contribution in [3.63, 3.8) is 0 Å². The second-order valence-corrected chi connectivity index (χ2v) is 12.1. The minimum Gasteiger partial charge on any atom is -0.278 e. The Balaban J connectivity index is 1.23. The normalized spacial score (nSPS) is 11.8. The van der Waals surface area contributed by atoms with Crippen LogP contribution in [0.2, 0.25) is 0 Å². The highest BCUT2D eigenvalue weighted by Gasteiger charge is 2.18. The molecule has 2 aromatic heterocycles. The molecular weight excluding hydrogens is 573 g/mol. The summed E-state index contributed by atoms with van der Waals surface area (Å²) in [5.41, 5.74) is 4.02. The van der Waals surface area contributed by atoms with E-state index in [-0.39, 0.29) is 0 Å². The second kappa shape index (κ2) is 10.1. The number of aromatic nitrogens is 4. The largest absolute Gasteiger partial charge is 0.278 e. The third kappa shape index (κ3) is 4.05. The molecule has 0 aliphatic rings. The second-order valence-electron chi connectivity index (χ2n) is 12.1. The van der Waals surface area contributed by atoms with Gasteiger partial charge in [-0.3, -0.25) is 4.57 Å². The van der Waals surface area contributed by atoms with Crippen LogP contribution in [0.1, 0.15) is 0 Å². The van der Waals surface area contributed by atoms with E-state index in [1.54, 1.807) is 0 Å². The van der Waals surface area contributed by atoms with E-state index in [9.17, 15) is 0 Å². The summed E-state index contributed by atoms with van der Waals surface area (Å²) in [6.45, 7) is 0. The van der Waals surface area contributed by atoms with Crippen LogP contribution in [0.5, 0.6) is 0 Å². The van der Waals surface area contributed by atoms with Crippen molar-refractivity contribution >= 4 is 64.9 Å². The third-order valence-corrected chi connectivity index (χ3v) is 9.40. The summed E-state index contributed by atoms with van der Waals surface area (Å²) >= 11 is 0. The average molecular weight is 599 g/mol. The van der Waals surface area contributed by atoms with E-state index in [0.29, 0.717) is 17.6 Å². The van der Waals surface area contributed by atoms with E-state index in [2.05, 4.69) is 144 Å². The highest BCUT2D eigenvalue weighted by atomic mass is 15.2. The number of fused-ring (bicyclic) bond motifs is 9. The monoisotopic (exact) mass is 598 g/mol. The van der Waals surface area contributed by atoms with E-state index < -0.39 is 0 Å². The molecule has 10 aromatic rings. The van der Waals surface area contributed by atoms with Crippen LogP contribution in [0.25, 0.3) is 93.6 Å². The van der Waals surface area contributed by atoms with E-state index in [4.69, 9.17) is 15.0 Å². The average Bonchev–Trinajstić information content (AvgIpc) is 3.46. The van der Waals surface area contributed by atoms with Gasteiger partial charge in [0, 0.05) is 21.9 Å². The molecule has 0 fully saturated rings. The van der Waals surface area contributed by atoms with Gasteiger partial charge in [-0.2, -0.15) is 9.97 Å². The van der Waals surface area contributed by atoms with Crippen molar-refractivity contribution < 1.29 is 0 Å². The van der Waals surface area contributed by atoms with Gasteiger partial charge in [-0.15, -0.1) is 0 Å². The minimum atomic E-state index is 0.598. The molecule has 0 radical (unpaired) electrons. The molecule has 0 aliphatic carbocycles. The van der Waals surface area contributed by atoms with E-state index in [1.807, 2.05) is 18.2 Å². The fourth-order valence-electron chi connectivity index (χ4n) is 7.15. The topological polar surface area (TPSA) is 43.6 Å². The van der Waals surface area contributed by atoms with Gasteiger partial charge in [0.15, 0.2) is 11.6 Å². The Kier molecular flexibility index (Phi) is 5.54. The highest BCUT2D eigenvalue weighted by Crippen LogP contribution is 2.36. The predicted octanol–water partition coefficient (Wildman–Crippen LogP) is 10.9. The highest BCUT2D eigenvalue weighted by molar-refractivity contribution is 6.17. The molecule has 0 saturated heterocycles. The molecule has 0 aliphatic heterocycles. The molecule has 0 saturated carbocycles. The molecular formula is C43H26N4. The molecule has 4 heteroatoms. The van der Waals surface area contributed by atoms with Crippen molar-refractivity contribution in [1.82, 2.24) is 19.5 Å². The van der Waals surface area contributed by atoms with Crippen molar-refractivity contribution in [2.24, 2.45) is 0 Å². The van der Waals surface area contributed by atoms with Crippen molar-refractivity contribution in [2.75, 3.05) is 0 Å². The Morgan fingerprint density at radius 1 is 0.319 bits per heavy atom. The number of hydrogen-bond donors (Lipinski definition) is 0. The van der Waals surface area contributed by atoms with Crippen LogP contribution in [0.3, 0.4) is 0 Å². The maximum atomic E-state index is 5.20. The van der Waals surface area contributed by atoms with Crippen LogP contribution in [-0.4, -0.2) is 19.5 Å². The van der Waals surface area contributed by atoms with Crippen molar-refractivity contribution in [3.05, 3.63) is 158 Å². The number of nitrogens with zero attached hydrogens (tertiary/aromatic N) is 4. The third-order valence-electron chi connectivity index (χ3n) is 9.40. The Hall–Kier alpha value is -6.39. The van der Waals surface area contributed by atoms with Gasteiger partial charge < -0.3 is 0 Å². The summed E-state index contributed by atoms with van der Waals surface area (Å²) in [7, 11) is 0. The Labute approximate surface area is 270 Å². The lowest BCUT2D eigenvalue weighted by Gasteiger charge is -2.12. The molecule has 4 nitrogen and oxygen atoms in total. The van der Waals surface area contributed by atoms with E-state index in [0.717, 1.165) is 27.5 Å². The summed E-state index contributed by atoms with van der Waals surface area (Å²) in [6.07, 6.45) is 0.